The molecule has 0 aliphatic carbocycles. The fourth-order valence-corrected chi connectivity index (χ4v) is 1.60. The zero-order valence-electron chi connectivity index (χ0n) is 9.94. The first-order valence-electron chi connectivity index (χ1n) is 5.66. The molecule has 1 heterocycles. The van der Waals surface area contributed by atoms with E-state index in [2.05, 4.69) is 0 Å². The summed E-state index contributed by atoms with van der Waals surface area (Å²) in [7, 11) is 0. The topological polar surface area (TPSA) is 157 Å². The van der Waals surface area contributed by atoms with Gasteiger partial charge in [0.2, 0.25) is 0 Å². The van der Waals surface area contributed by atoms with Crippen molar-refractivity contribution in [1.82, 2.24) is 0 Å². The van der Waals surface area contributed by atoms with E-state index in [0.29, 0.717) is 0 Å². The first-order valence-corrected chi connectivity index (χ1v) is 5.66. The third-order valence-corrected chi connectivity index (χ3v) is 2.81. The SMILES string of the molecule is O=C[C@H](O)[C@@H](O)[C@@H](CO)O[C@H]1OC[C@@H](O)[C@H](O)[C@H]1O. The molecule has 0 radical (unpaired) electrons. The van der Waals surface area contributed by atoms with Crippen molar-refractivity contribution in [3.8, 4) is 0 Å². The Morgan fingerprint density at radius 1 is 1.26 bits per heavy atom. The minimum Gasteiger partial charge on any atom is -0.394 e. The van der Waals surface area contributed by atoms with Crippen molar-refractivity contribution >= 4 is 6.29 Å². The average Bonchev–Trinajstić information content (AvgIpc) is 2.42. The number of aldehydes is 1. The smallest absolute Gasteiger partial charge is 0.186 e. The van der Waals surface area contributed by atoms with Crippen molar-refractivity contribution in [2.24, 2.45) is 0 Å². The fraction of sp³-hybridized carbons (Fsp3) is 0.900. The zero-order valence-corrected chi connectivity index (χ0v) is 9.94. The zero-order chi connectivity index (χ0) is 14.6. The lowest BCUT2D eigenvalue weighted by molar-refractivity contribution is -0.295. The average molecular weight is 282 g/mol. The molecule has 0 unspecified atom stereocenters. The number of aliphatic hydroxyl groups excluding tert-OH is 6. The molecule has 1 saturated heterocycles. The molecule has 0 spiro atoms. The second-order valence-electron chi connectivity index (χ2n) is 4.22. The molecule has 0 amide bonds. The molecule has 7 atom stereocenters. The second kappa shape index (κ2) is 7.22. The van der Waals surface area contributed by atoms with E-state index in [4.69, 9.17) is 19.7 Å². The van der Waals surface area contributed by atoms with Crippen molar-refractivity contribution in [1.29, 1.82) is 0 Å². The monoisotopic (exact) mass is 282 g/mol. The summed E-state index contributed by atoms with van der Waals surface area (Å²) in [4.78, 5) is 10.3. The van der Waals surface area contributed by atoms with Crippen LogP contribution >= 0.6 is 0 Å². The Morgan fingerprint density at radius 3 is 2.42 bits per heavy atom. The van der Waals surface area contributed by atoms with E-state index >= 15 is 0 Å². The molecule has 0 saturated carbocycles. The van der Waals surface area contributed by atoms with Gasteiger partial charge < -0.3 is 44.9 Å². The number of carbonyl (C=O) groups is 1. The van der Waals surface area contributed by atoms with E-state index in [0.717, 1.165) is 0 Å². The molecular weight excluding hydrogens is 264 g/mol. The molecule has 9 nitrogen and oxygen atoms in total. The molecule has 0 aromatic rings. The Kier molecular flexibility index (Phi) is 6.23. The van der Waals surface area contributed by atoms with E-state index in [1.807, 2.05) is 0 Å². The van der Waals surface area contributed by atoms with Crippen molar-refractivity contribution in [3.63, 3.8) is 0 Å². The number of rotatable bonds is 6. The summed E-state index contributed by atoms with van der Waals surface area (Å²) in [5.74, 6) is 0. The molecule has 1 fully saturated rings. The molecule has 19 heavy (non-hydrogen) atoms. The summed E-state index contributed by atoms with van der Waals surface area (Å²) in [6, 6.07) is 0. The Balaban J connectivity index is 2.63. The van der Waals surface area contributed by atoms with Gasteiger partial charge in [0.25, 0.3) is 0 Å². The quantitative estimate of drug-likeness (QED) is 0.265. The molecule has 0 aromatic heterocycles. The lowest BCUT2D eigenvalue weighted by atomic mass is 10.0. The molecule has 0 aromatic carbocycles. The first-order chi connectivity index (χ1) is 8.92. The highest BCUT2D eigenvalue weighted by atomic mass is 16.7. The van der Waals surface area contributed by atoms with Gasteiger partial charge in [-0.2, -0.15) is 0 Å². The van der Waals surface area contributed by atoms with E-state index < -0.39 is 49.5 Å². The number of carbonyl (C=O) groups excluding carboxylic acids is 1. The van der Waals surface area contributed by atoms with Crippen molar-refractivity contribution < 1.29 is 44.9 Å². The number of hydrogen-bond donors (Lipinski definition) is 6. The first kappa shape index (κ1) is 16.4. The van der Waals surface area contributed by atoms with Crippen LogP contribution in [0.4, 0.5) is 0 Å². The van der Waals surface area contributed by atoms with Gasteiger partial charge in [0.15, 0.2) is 12.6 Å². The highest BCUT2D eigenvalue weighted by Gasteiger charge is 2.40. The third-order valence-electron chi connectivity index (χ3n) is 2.81. The van der Waals surface area contributed by atoms with Crippen molar-refractivity contribution in [2.45, 2.75) is 42.9 Å². The lowest BCUT2D eigenvalue weighted by Gasteiger charge is -2.37. The van der Waals surface area contributed by atoms with Gasteiger partial charge in [-0.1, -0.05) is 0 Å². The van der Waals surface area contributed by atoms with Gasteiger partial charge in [0, 0.05) is 0 Å². The molecule has 0 bridgehead atoms. The molecule has 9 heteroatoms. The summed E-state index contributed by atoms with van der Waals surface area (Å²) >= 11 is 0. The summed E-state index contributed by atoms with van der Waals surface area (Å²) in [5.41, 5.74) is 0. The van der Waals surface area contributed by atoms with E-state index in [1.54, 1.807) is 0 Å². The van der Waals surface area contributed by atoms with Crippen molar-refractivity contribution in [2.75, 3.05) is 13.2 Å². The van der Waals surface area contributed by atoms with Crippen LogP contribution in [0.2, 0.25) is 0 Å². The van der Waals surface area contributed by atoms with Crippen LogP contribution in [0.1, 0.15) is 0 Å². The van der Waals surface area contributed by atoms with Gasteiger partial charge in [-0.05, 0) is 0 Å². The molecule has 112 valence electrons. The molecule has 1 aliphatic heterocycles. The van der Waals surface area contributed by atoms with Gasteiger partial charge in [0.1, 0.15) is 36.6 Å². The maximum absolute atomic E-state index is 10.3. The van der Waals surface area contributed by atoms with Crippen molar-refractivity contribution in [3.05, 3.63) is 0 Å². The summed E-state index contributed by atoms with van der Waals surface area (Å²) in [6.07, 6.45) is -10.6. The molecule has 6 N–H and O–H groups in total. The Morgan fingerprint density at radius 2 is 1.89 bits per heavy atom. The minimum absolute atomic E-state index is 0.0629. The van der Waals surface area contributed by atoms with Crippen LogP contribution in [-0.2, 0) is 14.3 Å². The van der Waals surface area contributed by atoms with Crippen LogP contribution in [-0.4, -0.2) is 93.1 Å². The third kappa shape index (κ3) is 3.91. The number of aliphatic hydroxyl groups is 6. The Bertz CT molecular complexity index is 286. The fourth-order valence-electron chi connectivity index (χ4n) is 1.60. The van der Waals surface area contributed by atoms with Gasteiger partial charge in [0.05, 0.1) is 13.2 Å². The molecular formula is C10H18O9. The number of ether oxygens (including phenoxy) is 2. The van der Waals surface area contributed by atoms with Crippen LogP contribution < -0.4 is 0 Å². The highest BCUT2D eigenvalue weighted by molar-refractivity contribution is 5.56. The Labute approximate surface area is 108 Å². The maximum atomic E-state index is 10.3. The predicted octanol–water partition coefficient (Wildman–Crippen LogP) is -4.28. The van der Waals surface area contributed by atoms with Crippen LogP contribution in [0.15, 0.2) is 0 Å². The van der Waals surface area contributed by atoms with Gasteiger partial charge in [-0.15, -0.1) is 0 Å². The van der Waals surface area contributed by atoms with Crippen LogP contribution in [0, 0.1) is 0 Å². The summed E-state index contributed by atoms with van der Waals surface area (Å²) in [6.45, 7) is -1.06. The highest BCUT2D eigenvalue weighted by Crippen LogP contribution is 2.19. The van der Waals surface area contributed by atoms with Gasteiger partial charge in [-0.25, -0.2) is 0 Å². The molecule has 1 aliphatic rings. The standard InChI is InChI=1S/C10H18O9/c11-1-4(13)7(15)6(2-12)19-10-9(17)8(16)5(14)3-18-10/h1,4-10,12-17H,2-3H2/t4-,5+,6+,7+,8-,9+,10+/m0/s1. The summed E-state index contributed by atoms with van der Waals surface area (Å²) < 4.78 is 9.89. The lowest BCUT2D eigenvalue weighted by Crippen LogP contribution is -2.56. The van der Waals surface area contributed by atoms with Crippen LogP contribution in [0.3, 0.4) is 0 Å². The largest absolute Gasteiger partial charge is 0.394 e. The predicted molar refractivity (Wildman–Crippen MR) is 57.8 cm³/mol. The van der Waals surface area contributed by atoms with E-state index in [9.17, 15) is 25.2 Å². The van der Waals surface area contributed by atoms with Gasteiger partial charge in [-0.3, -0.25) is 0 Å². The van der Waals surface area contributed by atoms with Crippen LogP contribution in [0.25, 0.3) is 0 Å². The summed E-state index contributed by atoms with van der Waals surface area (Å²) in [5, 5.41) is 55.8. The minimum atomic E-state index is -1.77. The second-order valence-corrected chi connectivity index (χ2v) is 4.22. The van der Waals surface area contributed by atoms with E-state index in [-0.39, 0.29) is 12.9 Å². The van der Waals surface area contributed by atoms with Gasteiger partial charge >= 0.3 is 0 Å². The van der Waals surface area contributed by atoms with E-state index in [1.165, 1.54) is 0 Å². The number of hydrogen-bond acceptors (Lipinski definition) is 9. The Hall–Kier alpha value is -0.650. The molecule has 1 rings (SSSR count). The maximum Gasteiger partial charge on any atom is 0.186 e. The normalized spacial score (nSPS) is 36.5. The van der Waals surface area contributed by atoms with Crippen LogP contribution in [0.5, 0.6) is 0 Å².